The highest BCUT2D eigenvalue weighted by atomic mass is 16.5. The fourth-order valence-corrected chi connectivity index (χ4v) is 4.66. The fraction of sp³-hybridized carbons (Fsp3) is 0.0323. The van der Waals surface area contributed by atoms with Crippen molar-refractivity contribution in [2.24, 2.45) is 0 Å². The number of hydrogen-bond acceptors (Lipinski definition) is 1. The molecule has 0 spiro atoms. The van der Waals surface area contributed by atoms with Crippen molar-refractivity contribution in [3.05, 3.63) is 121 Å². The molecule has 0 fully saturated rings. The maximum atomic E-state index is 5.37. The molecule has 33 heavy (non-hydrogen) atoms. The van der Waals surface area contributed by atoms with Crippen molar-refractivity contribution < 1.29 is 4.74 Å². The Bertz CT molecular complexity index is 1580. The van der Waals surface area contributed by atoms with Crippen LogP contribution in [0.1, 0.15) is 0 Å². The minimum atomic E-state index is 0.863. The summed E-state index contributed by atoms with van der Waals surface area (Å²) >= 11 is 0. The molecule has 2 heteroatoms. The summed E-state index contributed by atoms with van der Waals surface area (Å²) in [7, 11) is 1.70. The lowest BCUT2D eigenvalue weighted by Gasteiger charge is -2.16. The molecule has 0 saturated carbocycles. The average molecular weight is 426 g/mol. The molecule has 0 amide bonds. The zero-order valence-electron chi connectivity index (χ0n) is 18.4. The van der Waals surface area contributed by atoms with E-state index in [-0.39, 0.29) is 0 Å². The van der Waals surface area contributed by atoms with Gasteiger partial charge in [-0.25, -0.2) is 0 Å². The number of ether oxygens (including phenoxy) is 1. The smallest absolute Gasteiger partial charge is 0.118 e. The lowest BCUT2D eigenvalue weighted by molar-refractivity contribution is 0.415. The summed E-state index contributed by atoms with van der Waals surface area (Å²) in [6.45, 7) is 0. The monoisotopic (exact) mass is 425 g/mol. The van der Waals surface area contributed by atoms with Crippen LogP contribution >= 0.6 is 0 Å². The minimum absolute atomic E-state index is 0.863. The quantitative estimate of drug-likeness (QED) is 0.278. The number of nitrogens with zero attached hydrogens (tertiary/aromatic N) is 1. The molecule has 0 aliphatic carbocycles. The Morgan fingerprint density at radius 3 is 2.03 bits per heavy atom. The Labute approximate surface area is 193 Å². The Morgan fingerprint density at radius 1 is 0.545 bits per heavy atom. The Balaban J connectivity index is 1.68. The molecule has 2 nitrogen and oxygen atoms in total. The summed E-state index contributed by atoms with van der Waals surface area (Å²) < 4.78 is 7.77. The molecule has 0 saturated heterocycles. The summed E-state index contributed by atoms with van der Waals surface area (Å²) in [5.74, 6) is 0.863. The van der Waals surface area contributed by atoms with E-state index in [4.69, 9.17) is 4.74 Å². The first kappa shape index (κ1) is 19.4. The number of benzene rings is 5. The lowest BCUT2D eigenvalue weighted by Crippen LogP contribution is -1.99. The minimum Gasteiger partial charge on any atom is -0.497 e. The first-order chi connectivity index (χ1) is 16.3. The number of hydrogen-bond donors (Lipinski definition) is 0. The zero-order valence-corrected chi connectivity index (χ0v) is 18.4. The van der Waals surface area contributed by atoms with Crippen molar-refractivity contribution in [1.29, 1.82) is 0 Å². The SMILES string of the molecule is COc1ccc(-c2cc(-n3c(-c4ccccc4)cc4ccccc43)c3ccccc3c2)cc1. The summed E-state index contributed by atoms with van der Waals surface area (Å²) in [5, 5.41) is 3.68. The van der Waals surface area contributed by atoms with E-state index < -0.39 is 0 Å². The molecule has 0 bridgehead atoms. The van der Waals surface area contributed by atoms with E-state index in [1.807, 2.05) is 12.1 Å². The van der Waals surface area contributed by atoms with Crippen LogP contribution in [0.4, 0.5) is 0 Å². The lowest BCUT2D eigenvalue weighted by atomic mass is 9.99. The van der Waals surface area contributed by atoms with Gasteiger partial charge in [-0.3, -0.25) is 0 Å². The zero-order chi connectivity index (χ0) is 22.2. The predicted octanol–water partition coefficient (Wildman–Crippen LogP) is 8.13. The van der Waals surface area contributed by atoms with Crippen LogP contribution in [0.3, 0.4) is 0 Å². The van der Waals surface area contributed by atoms with Gasteiger partial charge in [0.25, 0.3) is 0 Å². The molecule has 0 aliphatic heterocycles. The van der Waals surface area contributed by atoms with Crippen LogP contribution in [-0.2, 0) is 0 Å². The van der Waals surface area contributed by atoms with Crippen molar-refractivity contribution in [2.45, 2.75) is 0 Å². The molecule has 158 valence electrons. The summed E-state index contributed by atoms with van der Waals surface area (Å²) in [6.07, 6.45) is 0. The second kappa shape index (κ2) is 7.99. The molecular weight excluding hydrogens is 402 g/mol. The third-order valence-corrected chi connectivity index (χ3v) is 6.28. The van der Waals surface area contributed by atoms with Crippen LogP contribution in [0.15, 0.2) is 121 Å². The van der Waals surface area contributed by atoms with E-state index >= 15 is 0 Å². The van der Waals surface area contributed by atoms with Crippen LogP contribution in [-0.4, -0.2) is 11.7 Å². The van der Waals surface area contributed by atoms with Gasteiger partial charge in [0.2, 0.25) is 0 Å². The fourth-order valence-electron chi connectivity index (χ4n) is 4.66. The van der Waals surface area contributed by atoms with Crippen molar-refractivity contribution in [3.63, 3.8) is 0 Å². The second-order valence-corrected chi connectivity index (χ2v) is 8.23. The van der Waals surface area contributed by atoms with Gasteiger partial charge in [-0.1, -0.05) is 84.9 Å². The number of fused-ring (bicyclic) bond motifs is 2. The van der Waals surface area contributed by atoms with Gasteiger partial charge in [-0.15, -0.1) is 0 Å². The number of methoxy groups -OCH3 is 1. The third-order valence-electron chi connectivity index (χ3n) is 6.28. The van der Waals surface area contributed by atoms with Gasteiger partial charge in [0.1, 0.15) is 5.75 Å². The van der Waals surface area contributed by atoms with E-state index in [0.717, 1.165) is 5.75 Å². The molecule has 6 rings (SSSR count). The van der Waals surface area contributed by atoms with Gasteiger partial charge in [-0.2, -0.15) is 0 Å². The van der Waals surface area contributed by atoms with E-state index in [1.165, 1.54) is 49.7 Å². The van der Waals surface area contributed by atoms with Crippen LogP contribution in [0.2, 0.25) is 0 Å². The largest absolute Gasteiger partial charge is 0.497 e. The maximum absolute atomic E-state index is 5.37. The van der Waals surface area contributed by atoms with Crippen LogP contribution < -0.4 is 4.74 Å². The molecule has 5 aromatic carbocycles. The number of para-hydroxylation sites is 1. The Kier molecular flexibility index (Phi) is 4.70. The molecule has 1 aromatic heterocycles. The van der Waals surface area contributed by atoms with Crippen molar-refractivity contribution in [1.82, 2.24) is 4.57 Å². The summed E-state index contributed by atoms with van der Waals surface area (Å²) in [5.41, 5.74) is 7.12. The van der Waals surface area contributed by atoms with Gasteiger partial charge in [0.15, 0.2) is 0 Å². The summed E-state index contributed by atoms with van der Waals surface area (Å²) in [6, 6.07) is 43.0. The van der Waals surface area contributed by atoms with E-state index in [2.05, 4.69) is 114 Å². The van der Waals surface area contributed by atoms with Crippen LogP contribution in [0.5, 0.6) is 5.75 Å². The molecule has 6 aromatic rings. The Hall–Kier alpha value is -4.30. The number of rotatable bonds is 4. The maximum Gasteiger partial charge on any atom is 0.118 e. The molecule has 0 N–H and O–H groups in total. The second-order valence-electron chi connectivity index (χ2n) is 8.23. The highest BCUT2D eigenvalue weighted by Gasteiger charge is 2.15. The van der Waals surface area contributed by atoms with Gasteiger partial charge in [0.05, 0.1) is 24.0 Å². The first-order valence-electron chi connectivity index (χ1n) is 11.2. The molecule has 0 unspecified atom stereocenters. The van der Waals surface area contributed by atoms with Crippen LogP contribution in [0.25, 0.3) is 49.7 Å². The molecule has 0 atom stereocenters. The van der Waals surface area contributed by atoms with Crippen molar-refractivity contribution in [3.8, 4) is 33.8 Å². The standard InChI is InChI=1S/C31H23NO/c1-33-27-17-15-22(16-18-27)26-19-24-11-5-7-13-28(24)31(21-26)32-29-14-8-6-12-25(29)20-30(32)23-9-3-2-4-10-23/h2-21H,1H3. The predicted molar refractivity (Wildman–Crippen MR) is 138 cm³/mol. The van der Waals surface area contributed by atoms with E-state index in [9.17, 15) is 0 Å². The van der Waals surface area contributed by atoms with Gasteiger partial charge >= 0.3 is 0 Å². The normalized spacial score (nSPS) is 11.2. The highest BCUT2D eigenvalue weighted by molar-refractivity contribution is 5.98. The Morgan fingerprint density at radius 2 is 1.24 bits per heavy atom. The third kappa shape index (κ3) is 3.37. The number of aromatic nitrogens is 1. The average Bonchev–Trinajstić information content (AvgIpc) is 3.28. The van der Waals surface area contributed by atoms with Gasteiger partial charge < -0.3 is 9.30 Å². The molecular formula is C31H23NO. The van der Waals surface area contributed by atoms with E-state index in [1.54, 1.807) is 7.11 Å². The van der Waals surface area contributed by atoms with Crippen molar-refractivity contribution >= 4 is 21.7 Å². The first-order valence-corrected chi connectivity index (χ1v) is 11.2. The van der Waals surface area contributed by atoms with Gasteiger partial charge in [-0.05, 0) is 58.5 Å². The summed E-state index contributed by atoms with van der Waals surface area (Å²) in [4.78, 5) is 0. The molecule has 0 radical (unpaired) electrons. The van der Waals surface area contributed by atoms with E-state index in [0.29, 0.717) is 0 Å². The topological polar surface area (TPSA) is 14.2 Å². The van der Waals surface area contributed by atoms with Crippen LogP contribution in [0, 0.1) is 0 Å². The highest BCUT2D eigenvalue weighted by Crippen LogP contribution is 2.37. The molecule has 1 heterocycles. The van der Waals surface area contributed by atoms with Gasteiger partial charge in [0, 0.05) is 10.8 Å². The van der Waals surface area contributed by atoms with Crippen molar-refractivity contribution in [2.75, 3.05) is 7.11 Å². The molecule has 0 aliphatic rings.